The normalized spacial score (nSPS) is 11.6. The molecule has 1 rings (SSSR count). The molecule has 0 spiro atoms. The van der Waals surface area contributed by atoms with Crippen LogP contribution in [0, 0.1) is 0 Å². The fourth-order valence-electron chi connectivity index (χ4n) is 1.84. The molecule has 0 fully saturated rings. The Bertz CT molecular complexity index is 416. The topological polar surface area (TPSA) is 17.1 Å². The molecule has 1 nitrogen and oxygen atoms in total. The first kappa shape index (κ1) is 15.9. The first-order chi connectivity index (χ1) is 9.34. The molecule has 0 amide bonds. The Kier molecular flexibility index (Phi) is 9.05. The van der Waals surface area contributed by atoms with Crippen LogP contribution >= 0.6 is 0 Å². The third kappa shape index (κ3) is 7.81. The van der Waals surface area contributed by atoms with Gasteiger partial charge in [-0.25, -0.2) is 4.21 Å². The van der Waals surface area contributed by atoms with Gasteiger partial charge < -0.3 is 0 Å². The van der Waals surface area contributed by atoms with E-state index in [9.17, 15) is 4.21 Å². The Hall–Kier alpha value is -1.11. The van der Waals surface area contributed by atoms with Gasteiger partial charge in [0.25, 0.3) is 0 Å². The molecule has 0 aromatic heterocycles. The summed E-state index contributed by atoms with van der Waals surface area (Å²) < 4.78 is 11.8. The maximum atomic E-state index is 11.8. The van der Waals surface area contributed by atoms with Crippen LogP contribution in [-0.4, -0.2) is 4.21 Å². The second-order valence-corrected chi connectivity index (χ2v) is 5.96. The van der Waals surface area contributed by atoms with Gasteiger partial charge in [0.15, 0.2) is 0 Å². The smallest absolute Gasteiger partial charge is 0.0854 e. The van der Waals surface area contributed by atoms with E-state index in [1.165, 1.54) is 38.5 Å². The van der Waals surface area contributed by atoms with Gasteiger partial charge in [-0.2, -0.15) is 0 Å². The van der Waals surface area contributed by atoms with Crippen molar-refractivity contribution in [3.63, 3.8) is 0 Å². The summed E-state index contributed by atoms with van der Waals surface area (Å²) in [4.78, 5) is 0.836. The molecule has 19 heavy (non-hydrogen) atoms. The minimum Gasteiger partial charge on any atom is -0.249 e. The number of allylic oxidation sites excluding steroid dienone is 1. The molecule has 1 aromatic carbocycles. The molecule has 0 aliphatic carbocycles. The van der Waals surface area contributed by atoms with Crippen LogP contribution in [0.5, 0.6) is 0 Å². The Balaban J connectivity index is 2.18. The lowest BCUT2D eigenvalue weighted by Gasteiger charge is -1.96. The highest BCUT2D eigenvalue weighted by Crippen LogP contribution is 2.08. The van der Waals surface area contributed by atoms with Crippen molar-refractivity contribution in [2.75, 3.05) is 0 Å². The van der Waals surface area contributed by atoms with Crippen molar-refractivity contribution < 1.29 is 4.21 Å². The molecule has 1 atom stereocenters. The van der Waals surface area contributed by atoms with Gasteiger partial charge >= 0.3 is 0 Å². The van der Waals surface area contributed by atoms with E-state index in [1.807, 2.05) is 36.4 Å². The first-order valence-corrected chi connectivity index (χ1v) is 8.42. The summed E-state index contributed by atoms with van der Waals surface area (Å²) in [5.41, 5.74) is 3.04. The van der Waals surface area contributed by atoms with Gasteiger partial charge in [-0.15, -0.1) is 5.73 Å². The summed E-state index contributed by atoms with van der Waals surface area (Å²) in [6.07, 6.45) is 10.9. The Morgan fingerprint density at radius 2 is 1.74 bits per heavy atom. The average molecular weight is 276 g/mol. The Labute approximate surface area is 119 Å². The van der Waals surface area contributed by atoms with Crippen LogP contribution in [0.25, 0.3) is 0 Å². The second-order valence-electron chi connectivity index (χ2n) is 4.66. The van der Waals surface area contributed by atoms with E-state index in [2.05, 4.69) is 12.7 Å². The van der Waals surface area contributed by atoms with Crippen LogP contribution < -0.4 is 0 Å². The van der Waals surface area contributed by atoms with Crippen LogP contribution in [0.4, 0.5) is 0 Å². The molecule has 1 aromatic rings. The summed E-state index contributed by atoms with van der Waals surface area (Å²) in [6, 6.07) is 9.49. The van der Waals surface area contributed by atoms with E-state index in [0.717, 1.165) is 11.3 Å². The number of hydrogen-bond donors (Lipinski definition) is 0. The minimum absolute atomic E-state index is 0.836. The lowest BCUT2D eigenvalue weighted by atomic mass is 10.1. The third-order valence-corrected chi connectivity index (χ3v) is 4.06. The van der Waals surface area contributed by atoms with Gasteiger partial charge in [0.05, 0.1) is 10.8 Å². The zero-order valence-corrected chi connectivity index (χ0v) is 12.6. The van der Waals surface area contributed by atoms with Crippen molar-refractivity contribution in [3.05, 3.63) is 47.5 Å². The molecule has 0 radical (unpaired) electrons. The summed E-state index contributed by atoms with van der Waals surface area (Å²) in [5, 5.41) is 1.65. The van der Waals surface area contributed by atoms with Crippen molar-refractivity contribution in [2.24, 2.45) is 0 Å². The molecule has 0 aliphatic rings. The molecule has 0 saturated heterocycles. The van der Waals surface area contributed by atoms with Gasteiger partial charge in [0.2, 0.25) is 0 Å². The lowest BCUT2D eigenvalue weighted by Crippen LogP contribution is -1.83. The van der Waals surface area contributed by atoms with Crippen LogP contribution in [-0.2, 0) is 10.8 Å². The molecule has 1 unspecified atom stereocenters. The van der Waals surface area contributed by atoms with Crippen LogP contribution in [0.15, 0.2) is 52.4 Å². The zero-order chi connectivity index (χ0) is 13.8. The third-order valence-electron chi connectivity index (χ3n) is 2.97. The summed E-state index contributed by atoms with van der Waals surface area (Å²) >= 11 is 0. The van der Waals surface area contributed by atoms with Crippen LogP contribution in [0.1, 0.15) is 51.9 Å². The zero-order valence-electron chi connectivity index (χ0n) is 11.8. The van der Waals surface area contributed by atoms with E-state index in [0.29, 0.717) is 0 Å². The number of hydrogen-bond acceptors (Lipinski definition) is 1. The quantitative estimate of drug-likeness (QED) is 0.447. The molecule has 2 heteroatoms. The van der Waals surface area contributed by atoms with E-state index in [-0.39, 0.29) is 0 Å². The minimum atomic E-state index is -1.06. The number of unbranched alkanes of at least 4 members (excludes halogenated alkanes) is 6. The molecule has 0 saturated carbocycles. The fourth-order valence-corrected chi connectivity index (χ4v) is 2.62. The Morgan fingerprint density at radius 1 is 1.05 bits per heavy atom. The molecular formula is C17H24OS. The van der Waals surface area contributed by atoms with E-state index in [4.69, 9.17) is 0 Å². The Morgan fingerprint density at radius 3 is 2.47 bits per heavy atom. The fraction of sp³-hybridized carbons (Fsp3) is 0.471. The van der Waals surface area contributed by atoms with Crippen LogP contribution in [0.3, 0.4) is 0 Å². The highest BCUT2D eigenvalue weighted by atomic mass is 32.2. The predicted molar refractivity (Wildman–Crippen MR) is 83.5 cm³/mol. The van der Waals surface area contributed by atoms with Crippen molar-refractivity contribution in [1.29, 1.82) is 0 Å². The van der Waals surface area contributed by atoms with Crippen molar-refractivity contribution >= 4 is 10.8 Å². The molecule has 104 valence electrons. The van der Waals surface area contributed by atoms with E-state index >= 15 is 0 Å². The maximum Gasteiger partial charge on any atom is 0.0854 e. The summed E-state index contributed by atoms with van der Waals surface area (Å²) in [7, 11) is -1.06. The van der Waals surface area contributed by atoms with Gasteiger partial charge in [-0.3, -0.25) is 0 Å². The second kappa shape index (κ2) is 10.8. The summed E-state index contributed by atoms with van der Waals surface area (Å²) in [6.45, 7) is 2.24. The first-order valence-electron chi connectivity index (χ1n) is 7.21. The van der Waals surface area contributed by atoms with E-state index < -0.39 is 10.8 Å². The number of benzene rings is 1. The molecule has 0 N–H and O–H groups in total. The largest absolute Gasteiger partial charge is 0.249 e. The predicted octanol–water partition coefficient (Wildman–Crippen LogP) is 5.21. The molecule has 0 heterocycles. The highest BCUT2D eigenvalue weighted by molar-refractivity contribution is 7.88. The SMILES string of the molecule is CCCCCCCCC=C=CS(=O)c1ccccc1. The average Bonchev–Trinajstić information content (AvgIpc) is 2.46. The van der Waals surface area contributed by atoms with E-state index in [1.54, 1.807) is 5.41 Å². The van der Waals surface area contributed by atoms with Gasteiger partial charge in [0, 0.05) is 10.3 Å². The molecule has 0 bridgehead atoms. The highest BCUT2D eigenvalue weighted by Gasteiger charge is 1.95. The van der Waals surface area contributed by atoms with Gasteiger partial charge in [0.1, 0.15) is 0 Å². The summed E-state index contributed by atoms with van der Waals surface area (Å²) in [5.74, 6) is 0. The van der Waals surface area contributed by atoms with Crippen molar-refractivity contribution in [3.8, 4) is 0 Å². The van der Waals surface area contributed by atoms with Crippen molar-refractivity contribution in [1.82, 2.24) is 0 Å². The lowest BCUT2D eigenvalue weighted by molar-refractivity contribution is 0.611. The number of rotatable bonds is 9. The van der Waals surface area contributed by atoms with Crippen LogP contribution in [0.2, 0.25) is 0 Å². The van der Waals surface area contributed by atoms with Gasteiger partial charge in [-0.1, -0.05) is 57.2 Å². The van der Waals surface area contributed by atoms with Crippen molar-refractivity contribution in [2.45, 2.75) is 56.8 Å². The molecule has 0 aliphatic heterocycles. The maximum absolute atomic E-state index is 11.8. The standard InChI is InChI=1S/C17H24OS/c1-2-3-4-5-6-7-8-9-13-16-19(18)17-14-11-10-12-15-17/h9-12,14-16H,2-8H2,1H3. The molecular weight excluding hydrogens is 252 g/mol. The monoisotopic (exact) mass is 276 g/mol. The van der Waals surface area contributed by atoms with Gasteiger partial charge in [-0.05, 0) is 31.1 Å².